The number of carboxylic acids is 1. The number of carboxylic acid groups (broad SMARTS) is 1. The molecule has 0 bridgehead atoms. The van der Waals surface area contributed by atoms with Crippen molar-refractivity contribution in [3.63, 3.8) is 0 Å². The summed E-state index contributed by atoms with van der Waals surface area (Å²) in [5.41, 5.74) is 6.50. The van der Waals surface area contributed by atoms with E-state index in [1.165, 1.54) is 6.20 Å². The third kappa shape index (κ3) is 1.70. The first kappa shape index (κ1) is 7.60. The van der Waals surface area contributed by atoms with Gasteiger partial charge in [-0.15, -0.1) is 0 Å². The van der Waals surface area contributed by atoms with Crippen LogP contribution in [-0.2, 0) is 4.79 Å². The molecule has 0 saturated carbocycles. The second-order valence-corrected chi connectivity index (χ2v) is 2.24. The zero-order valence-corrected chi connectivity index (χ0v) is 5.95. The molecule has 11 heavy (non-hydrogen) atoms. The van der Waals surface area contributed by atoms with Crippen molar-refractivity contribution in [3.05, 3.63) is 35.6 Å². The average Bonchev–Trinajstić information content (AvgIpc) is 2.05. The van der Waals surface area contributed by atoms with Crippen LogP contribution in [0.5, 0.6) is 0 Å². The Morgan fingerprint density at radius 1 is 1.64 bits per heavy atom. The van der Waals surface area contributed by atoms with E-state index in [0.29, 0.717) is 12.0 Å². The fourth-order valence-electron chi connectivity index (χ4n) is 0.843. The van der Waals surface area contributed by atoms with Crippen LogP contribution in [-0.4, -0.2) is 11.1 Å². The molecule has 58 valence electrons. The normalized spacial score (nSPS) is 20.0. The van der Waals surface area contributed by atoms with Crippen LogP contribution in [0, 0.1) is 0 Å². The molecule has 0 radical (unpaired) electrons. The summed E-state index contributed by atoms with van der Waals surface area (Å²) < 4.78 is 0. The first-order valence-corrected chi connectivity index (χ1v) is 3.26. The van der Waals surface area contributed by atoms with E-state index in [2.05, 4.69) is 0 Å². The van der Waals surface area contributed by atoms with Crippen LogP contribution in [0.3, 0.4) is 0 Å². The van der Waals surface area contributed by atoms with E-state index in [-0.39, 0.29) is 0 Å². The van der Waals surface area contributed by atoms with Crippen LogP contribution < -0.4 is 5.73 Å². The van der Waals surface area contributed by atoms with Crippen molar-refractivity contribution in [3.8, 4) is 0 Å². The number of allylic oxidation sites excluding steroid dienone is 3. The molecule has 1 aliphatic carbocycles. The Bertz CT molecular complexity index is 261. The molecule has 1 aliphatic rings. The third-order valence-corrected chi connectivity index (χ3v) is 1.50. The Morgan fingerprint density at radius 2 is 2.36 bits per heavy atom. The number of nitrogens with two attached hydrogens (primary N) is 1. The molecule has 0 amide bonds. The Hall–Kier alpha value is -1.51. The number of rotatable bonds is 1. The molecule has 0 atom stereocenters. The van der Waals surface area contributed by atoms with E-state index in [9.17, 15) is 4.79 Å². The van der Waals surface area contributed by atoms with Crippen LogP contribution in [0.15, 0.2) is 35.6 Å². The van der Waals surface area contributed by atoms with Crippen molar-refractivity contribution in [1.29, 1.82) is 0 Å². The maximum absolute atomic E-state index is 10.4. The molecule has 0 saturated heterocycles. The van der Waals surface area contributed by atoms with Gasteiger partial charge in [-0.25, -0.2) is 4.79 Å². The van der Waals surface area contributed by atoms with Crippen molar-refractivity contribution in [2.45, 2.75) is 6.42 Å². The van der Waals surface area contributed by atoms with Gasteiger partial charge in [-0.2, -0.15) is 0 Å². The topological polar surface area (TPSA) is 63.3 Å². The fraction of sp³-hybridized carbons (Fsp3) is 0.125. The van der Waals surface area contributed by atoms with Crippen LogP contribution in [0.25, 0.3) is 0 Å². The van der Waals surface area contributed by atoms with Gasteiger partial charge in [0.2, 0.25) is 0 Å². The molecule has 3 heteroatoms. The maximum atomic E-state index is 10.4. The SMILES string of the molecule is NC=C1C=CC(C(=O)O)=CC1. The minimum atomic E-state index is -0.891. The van der Waals surface area contributed by atoms with Crippen LogP contribution in [0.2, 0.25) is 0 Å². The smallest absolute Gasteiger partial charge is 0.335 e. The van der Waals surface area contributed by atoms with E-state index in [1.807, 2.05) is 0 Å². The lowest BCUT2D eigenvalue weighted by molar-refractivity contribution is -0.132. The third-order valence-electron chi connectivity index (χ3n) is 1.50. The van der Waals surface area contributed by atoms with Crippen molar-refractivity contribution in [1.82, 2.24) is 0 Å². The summed E-state index contributed by atoms with van der Waals surface area (Å²) in [5, 5.41) is 8.53. The van der Waals surface area contributed by atoms with Gasteiger partial charge in [0.25, 0.3) is 0 Å². The highest BCUT2D eigenvalue weighted by atomic mass is 16.4. The molecule has 0 spiro atoms. The van der Waals surface area contributed by atoms with E-state index in [0.717, 1.165) is 5.57 Å². The number of hydrogen-bond donors (Lipinski definition) is 2. The number of aliphatic carboxylic acids is 1. The van der Waals surface area contributed by atoms with Gasteiger partial charge in [0.15, 0.2) is 0 Å². The highest BCUT2D eigenvalue weighted by Crippen LogP contribution is 2.13. The molecule has 0 aromatic heterocycles. The second kappa shape index (κ2) is 3.05. The first-order valence-electron chi connectivity index (χ1n) is 3.26. The minimum absolute atomic E-state index is 0.329. The second-order valence-electron chi connectivity index (χ2n) is 2.24. The van der Waals surface area contributed by atoms with Crippen LogP contribution in [0.1, 0.15) is 6.42 Å². The summed E-state index contributed by atoms with van der Waals surface area (Å²) in [4.78, 5) is 10.4. The Morgan fingerprint density at radius 3 is 2.73 bits per heavy atom. The van der Waals surface area contributed by atoms with Gasteiger partial charge >= 0.3 is 5.97 Å². The molecule has 0 aliphatic heterocycles. The lowest BCUT2D eigenvalue weighted by Gasteiger charge is -2.03. The largest absolute Gasteiger partial charge is 0.478 e. The van der Waals surface area contributed by atoms with E-state index in [4.69, 9.17) is 10.8 Å². The van der Waals surface area contributed by atoms with Gasteiger partial charge in [-0.1, -0.05) is 12.2 Å². The summed E-state index contributed by atoms with van der Waals surface area (Å²) in [6.07, 6.45) is 6.98. The number of hydrogen-bond acceptors (Lipinski definition) is 2. The highest BCUT2D eigenvalue weighted by molar-refractivity contribution is 5.90. The maximum Gasteiger partial charge on any atom is 0.335 e. The van der Waals surface area contributed by atoms with Crippen molar-refractivity contribution < 1.29 is 9.90 Å². The van der Waals surface area contributed by atoms with Crippen LogP contribution in [0.4, 0.5) is 0 Å². The zero-order valence-electron chi connectivity index (χ0n) is 5.95. The molecule has 0 fully saturated rings. The Kier molecular flexibility index (Phi) is 2.11. The van der Waals surface area contributed by atoms with Crippen molar-refractivity contribution >= 4 is 5.97 Å². The van der Waals surface area contributed by atoms with E-state index in [1.54, 1.807) is 18.2 Å². The molecule has 1 rings (SSSR count). The average molecular weight is 151 g/mol. The van der Waals surface area contributed by atoms with Gasteiger partial charge in [0, 0.05) is 0 Å². The van der Waals surface area contributed by atoms with Crippen molar-refractivity contribution in [2.24, 2.45) is 5.73 Å². The Balaban J connectivity index is 2.75. The molecular formula is C8H9NO2. The predicted molar refractivity (Wildman–Crippen MR) is 41.7 cm³/mol. The predicted octanol–water partition coefficient (Wildman–Crippen LogP) is 0.800. The first-order chi connectivity index (χ1) is 5.24. The van der Waals surface area contributed by atoms with Crippen molar-refractivity contribution in [2.75, 3.05) is 0 Å². The molecule has 0 unspecified atom stereocenters. The molecule has 0 aromatic rings. The van der Waals surface area contributed by atoms with E-state index >= 15 is 0 Å². The minimum Gasteiger partial charge on any atom is -0.478 e. The summed E-state index contributed by atoms with van der Waals surface area (Å²) >= 11 is 0. The van der Waals surface area contributed by atoms with Gasteiger partial charge in [0.05, 0.1) is 5.57 Å². The lowest BCUT2D eigenvalue weighted by Crippen LogP contribution is -2.01. The highest BCUT2D eigenvalue weighted by Gasteiger charge is 2.06. The van der Waals surface area contributed by atoms with Gasteiger partial charge in [0.1, 0.15) is 0 Å². The summed E-state index contributed by atoms with van der Waals surface area (Å²) in [6.45, 7) is 0. The fourth-order valence-corrected chi connectivity index (χ4v) is 0.843. The van der Waals surface area contributed by atoms with Gasteiger partial charge in [-0.05, 0) is 24.3 Å². The van der Waals surface area contributed by atoms with E-state index < -0.39 is 5.97 Å². The molecule has 3 nitrogen and oxygen atoms in total. The molecule has 0 aromatic carbocycles. The lowest BCUT2D eigenvalue weighted by atomic mass is 10.0. The summed E-state index contributed by atoms with van der Waals surface area (Å²) in [6, 6.07) is 0. The Labute approximate surface area is 64.5 Å². The summed E-state index contributed by atoms with van der Waals surface area (Å²) in [7, 11) is 0. The van der Waals surface area contributed by atoms with Gasteiger partial charge in [-0.3, -0.25) is 0 Å². The van der Waals surface area contributed by atoms with Gasteiger partial charge < -0.3 is 10.8 Å². The molecular weight excluding hydrogens is 142 g/mol. The quantitative estimate of drug-likeness (QED) is 0.582. The van der Waals surface area contributed by atoms with Crippen LogP contribution >= 0.6 is 0 Å². The molecule has 0 heterocycles. The zero-order chi connectivity index (χ0) is 8.27. The standard InChI is InChI=1S/C8H9NO2/c9-5-6-1-3-7(4-2-6)8(10)11/h1,3-5H,2,9H2,(H,10,11). The molecule has 3 N–H and O–H groups in total. The number of carbonyl (C=O) groups is 1. The monoisotopic (exact) mass is 151 g/mol. The summed E-state index contributed by atoms with van der Waals surface area (Å²) in [5.74, 6) is -0.891.